The van der Waals surface area contributed by atoms with Crippen LogP contribution in [0.1, 0.15) is 18.1 Å². The van der Waals surface area contributed by atoms with E-state index in [-0.39, 0.29) is 18.4 Å². The second-order valence-electron chi connectivity index (χ2n) is 7.90. The van der Waals surface area contributed by atoms with Crippen molar-refractivity contribution in [1.82, 2.24) is 10.6 Å². The van der Waals surface area contributed by atoms with Gasteiger partial charge in [-0.05, 0) is 28.3 Å². The molecule has 0 aliphatic heterocycles. The SMILES string of the molecule is COC(=O)[C@@H](Cc1ccc(-c2ccccc2)cc1)NC(=O)[C@@H](Cc1ccccc1F)NC(C)=O. The number of hydrogen-bond acceptors (Lipinski definition) is 4. The molecule has 0 fully saturated rings. The maximum Gasteiger partial charge on any atom is 0.328 e. The molecule has 6 nitrogen and oxygen atoms in total. The van der Waals surface area contributed by atoms with Gasteiger partial charge in [-0.25, -0.2) is 9.18 Å². The highest BCUT2D eigenvalue weighted by molar-refractivity contribution is 5.90. The number of hydrogen-bond donors (Lipinski definition) is 2. The maximum absolute atomic E-state index is 14.1. The smallest absolute Gasteiger partial charge is 0.328 e. The summed E-state index contributed by atoms with van der Waals surface area (Å²) in [6.45, 7) is 1.27. The first kappa shape index (κ1) is 24.6. The van der Waals surface area contributed by atoms with Gasteiger partial charge in [0.1, 0.15) is 17.9 Å². The van der Waals surface area contributed by atoms with Crippen molar-refractivity contribution in [2.75, 3.05) is 7.11 Å². The largest absolute Gasteiger partial charge is 0.467 e. The van der Waals surface area contributed by atoms with Crippen LogP contribution in [0.5, 0.6) is 0 Å². The monoisotopic (exact) mass is 462 g/mol. The Morgan fingerprint density at radius 3 is 2.03 bits per heavy atom. The lowest BCUT2D eigenvalue weighted by Crippen LogP contribution is -2.53. The van der Waals surface area contributed by atoms with Crippen LogP contribution in [0.2, 0.25) is 0 Å². The lowest BCUT2D eigenvalue weighted by molar-refractivity contribution is -0.145. The van der Waals surface area contributed by atoms with Crippen LogP contribution in [0.3, 0.4) is 0 Å². The normalized spacial score (nSPS) is 12.3. The van der Waals surface area contributed by atoms with Gasteiger partial charge >= 0.3 is 5.97 Å². The number of nitrogens with one attached hydrogen (secondary N) is 2. The molecule has 0 unspecified atom stereocenters. The lowest BCUT2D eigenvalue weighted by atomic mass is 10.00. The van der Waals surface area contributed by atoms with Crippen LogP contribution in [-0.2, 0) is 32.0 Å². The minimum absolute atomic E-state index is 0.0578. The van der Waals surface area contributed by atoms with Crippen LogP contribution in [0.25, 0.3) is 11.1 Å². The zero-order chi connectivity index (χ0) is 24.5. The number of amides is 2. The molecule has 0 heterocycles. The van der Waals surface area contributed by atoms with Gasteiger partial charge in [0.2, 0.25) is 11.8 Å². The summed E-state index contributed by atoms with van der Waals surface area (Å²) in [4.78, 5) is 37.1. The summed E-state index contributed by atoms with van der Waals surface area (Å²) in [7, 11) is 1.24. The van der Waals surface area contributed by atoms with Gasteiger partial charge in [0, 0.05) is 19.8 Å². The second kappa shape index (κ2) is 11.7. The number of esters is 1. The molecule has 2 N–H and O–H groups in total. The summed E-state index contributed by atoms with van der Waals surface area (Å²) in [5, 5.41) is 5.19. The summed E-state index contributed by atoms with van der Waals surface area (Å²) in [5.41, 5.74) is 3.19. The molecule has 3 aromatic rings. The fraction of sp³-hybridized carbons (Fsp3) is 0.222. The molecule has 2 amide bonds. The third-order valence-corrected chi connectivity index (χ3v) is 5.38. The van der Waals surface area contributed by atoms with Gasteiger partial charge < -0.3 is 15.4 Å². The number of benzene rings is 3. The average Bonchev–Trinajstić information content (AvgIpc) is 2.84. The van der Waals surface area contributed by atoms with Crippen molar-refractivity contribution >= 4 is 17.8 Å². The van der Waals surface area contributed by atoms with Crippen molar-refractivity contribution in [2.45, 2.75) is 31.8 Å². The Balaban J connectivity index is 1.74. The summed E-state index contributed by atoms with van der Waals surface area (Å²) < 4.78 is 19.0. The van der Waals surface area contributed by atoms with E-state index >= 15 is 0 Å². The Hall–Kier alpha value is -4.00. The van der Waals surface area contributed by atoms with Crippen molar-refractivity contribution in [1.29, 1.82) is 0 Å². The second-order valence-corrected chi connectivity index (χ2v) is 7.90. The van der Waals surface area contributed by atoms with E-state index < -0.39 is 35.7 Å². The van der Waals surface area contributed by atoms with Gasteiger partial charge in [-0.1, -0.05) is 72.8 Å². The first-order valence-electron chi connectivity index (χ1n) is 10.9. The predicted molar refractivity (Wildman–Crippen MR) is 127 cm³/mol. The van der Waals surface area contributed by atoms with Crippen LogP contribution < -0.4 is 10.6 Å². The minimum Gasteiger partial charge on any atom is -0.467 e. The van der Waals surface area contributed by atoms with Crippen LogP contribution in [0.15, 0.2) is 78.9 Å². The van der Waals surface area contributed by atoms with Crippen molar-refractivity contribution in [3.8, 4) is 11.1 Å². The summed E-state index contributed by atoms with van der Waals surface area (Å²) in [6.07, 6.45) is 0.137. The first-order chi connectivity index (χ1) is 16.4. The summed E-state index contributed by atoms with van der Waals surface area (Å²) in [6, 6.07) is 21.5. The molecule has 0 aliphatic rings. The highest BCUT2D eigenvalue weighted by Crippen LogP contribution is 2.20. The van der Waals surface area contributed by atoms with Crippen molar-refractivity contribution < 1.29 is 23.5 Å². The van der Waals surface area contributed by atoms with E-state index in [0.717, 1.165) is 16.7 Å². The first-order valence-corrected chi connectivity index (χ1v) is 10.9. The molecule has 0 saturated heterocycles. The van der Waals surface area contributed by atoms with Crippen LogP contribution in [0.4, 0.5) is 4.39 Å². The zero-order valence-electron chi connectivity index (χ0n) is 19.1. The molecule has 176 valence electrons. The molecule has 0 bridgehead atoms. The fourth-order valence-electron chi connectivity index (χ4n) is 3.65. The molecular formula is C27H27FN2O4. The van der Waals surface area contributed by atoms with Gasteiger partial charge in [-0.2, -0.15) is 0 Å². The fourth-order valence-corrected chi connectivity index (χ4v) is 3.65. The number of methoxy groups -OCH3 is 1. The van der Waals surface area contributed by atoms with Gasteiger partial charge in [0.25, 0.3) is 0 Å². The van der Waals surface area contributed by atoms with Crippen molar-refractivity contribution in [3.63, 3.8) is 0 Å². The number of rotatable bonds is 9. The molecule has 0 spiro atoms. The van der Waals surface area contributed by atoms with Gasteiger partial charge in [-0.15, -0.1) is 0 Å². The van der Waals surface area contributed by atoms with Crippen LogP contribution in [-0.4, -0.2) is 37.0 Å². The molecule has 0 aliphatic carbocycles. The van der Waals surface area contributed by atoms with E-state index in [9.17, 15) is 18.8 Å². The minimum atomic E-state index is -1.05. The molecule has 3 rings (SSSR count). The molecule has 3 aromatic carbocycles. The molecule has 7 heteroatoms. The highest BCUT2D eigenvalue weighted by Gasteiger charge is 2.28. The Kier molecular flexibility index (Phi) is 8.51. The van der Waals surface area contributed by atoms with Gasteiger partial charge in [-0.3, -0.25) is 9.59 Å². The Morgan fingerprint density at radius 2 is 1.41 bits per heavy atom. The third-order valence-electron chi connectivity index (χ3n) is 5.38. The van der Waals surface area contributed by atoms with Crippen LogP contribution in [0, 0.1) is 5.82 Å². The van der Waals surface area contributed by atoms with Crippen molar-refractivity contribution in [2.24, 2.45) is 0 Å². The summed E-state index contributed by atoms with van der Waals surface area (Å²) >= 11 is 0. The van der Waals surface area contributed by atoms with Gasteiger partial charge in [0.05, 0.1) is 7.11 Å². The van der Waals surface area contributed by atoms with E-state index in [4.69, 9.17) is 4.74 Å². The number of halogens is 1. The molecular weight excluding hydrogens is 435 g/mol. The van der Waals surface area contributed by atoms with Crippen LogP contribution >= 0.6 is 0 Å². The van der Waals surface area contributed by atoms with Crippen molar-refractivity contribution in [3.05, 3.63) is 95.8 Å². The van der Waals surface area contributed by atoms with E-state index in [2.05, 4.69) is 10.6 Å². The molecule has 0 radical (unpaired) electrons. The Bertz CT molecular complexity index is 1130. The van der Waals surface area contributed by atoms with E-state index in [1.54, 1.807) is 18.2 Å². The number of ether oxygens (including phenoxy) is 1. The van der Waals surface area contributed by atoms with E-state index in [0.29, 0.717) is 0 Å². The predicted octanol–water partition coefficient (Wildman–Crippen LogP) is 3.44. The average molecular weight is 463 g/mol. The molecule has 0 saturated carbocycles. The number of carbonyl (C=O) groups excluding carboxylic acids is 3. The Morgan fingerprint density at radius 1 is 0.794 bits per heavy atom. The molecule has 2 atom stereocenters. The third kappa shape index (κ3) is 6.75. The van der Waals surface area contributed by atoms with Gasteiger partial charge in [0.15, 0.2) is 0 Å². The molecule has 34 heavy (non-hydrogen) atoms. The lowest BCUT2D eigenvalue weighted by Gasteiger charge is -2.22. The number of carbonyl (C=O) groups is 3. The maximum atomic E-state index is 14.1. The topological polar surface area (TPSA) is 84.5 Å². The highest BCUT2D eigenvalue weighted by atomic mass is 19.1. The quantitative estimate of drug-likeness (QED) is 0.477. The summed E-state index contributed by atoms with van der Waals surface area (Å²) in [5.74, 6) is -2.14. The van der Waals surface area contributed by atoms with E-state index in [1.807, 2.05) is 54.6 Å². The molecule has 0 aromatic heterocycles. The Labute approximate surface area is 198 Å². The standard InChI is InChI=1S/C27H27FN2O4/c1-18(31)29-24(17-22-10-6-7-11-23(22)28)26(32)30-25(27(33)34-2)16-19-12-14-21(15-13-19)20-8-4-3-5-9-20/h3-15,24-25H,16-17H2,1-2H3,(H,29,31)(H,30,32)/t24-,25-/m1/s1. The zero-order valence-corrected chi connectivity index (χ0v) is 19.1. The van der Waals surface area contributed by atoms with E-state index in [1.165, 1.54) is 20.1 Å².